The number of esters is 2. The van der Waals surface area contributed by atoms with Gasteiger partial charge in [-0.15, -0.1) is 0 Å². The first-order valence-corrected chi connectivity index (χ1v) is 23.3. The highest BCUT2D eigenvalue weighted by Gasteiger charge is 2.46. The average molecular weight is 829 g/mol. The number of aliphatic hydroxyl groups excluding tert-OH is 3. The summed E-state index contributed by atoms with van der Waals surface area (Å²) in [4.78, 5) is 25.3. The maximum absolute atomic E-state index is 12.8. The van der Waals surface area contributed by atoms with E-state index in [1.54, 1.807) is 0 Å². The predicted octanol–water partition coefficient (Wildman–Crippen LogP) is 8.39. The number of ether oxygens (including phenoxy) is 4. The van der Waals surface area contributed by atoms with E-state index in [0.717, 1.165) is 64.2 Å². The van der Waals surface area contributed by atoms with E-state index in [2.05, 4.69) is 62.5 Å². The SMILES string of the molecule is CCC/C=C/C/C=C/C/C=C/C/C=C/CCCCCC(=O)OC[C@H](CO[C@H]1O[C@H](CS(=O)(=O)O)[C@@H](O)C(O)C1O)OC(=O)CCCCCCCCCCCCCC. The van der Waals surface area contributed by atoms with E-state index in [0.29, 0.717) is 12.8 Å². The van der Waals surface area contributed by atoms with Gasteiger partial charge in [0.2, 0.25) is 0 Å². The maximum atomic E-state index is 12.8. The standard InChI is InChI=1S/C44H76O12S/c1-3-5-7-9-11-13-15-17-18-19-20-21-23-24-26-28-30-32-39(45)53-34-37(35-54-44-43(49)42(48)41(47)38(56-44)36-57(50,51)52)55-40(46)33-31-29-27-25-22-16-14-12-10-8-6-4-2/h7,9,13,15,18-19,21,23,37-38,41-44,47-49H,3-6,8,10-12,14,16-17,20,22,24-36H2,1-2H3,(H,50,51,52)/b9-7+,15-13+,19-18+,23-21+/t37-,38-,41-,42?,43?,44+/m1/s1. The summed E-state index contributed by atoms with van der Waals surface area (Å²) >= 11 is 0. The minimum absolute atomic E-state index is 0.158. The minimum Gasteiger partial charge on any atom is -0.462 e. The number of carbonyl (C=O) groups excluding carboxylic acids is 2. The van der Waals surface area contributed by atoms with Crippen molar-refractivity contribution in [3.63, 3.8) is 0 Å². The van der Waals surface area contributed by atoms with E-state index in [-0.39, 0.29) is 19.4 Å². The molecule has 1 aliphatic heterocycles. The van der Waals surface area contributed by atoms with Gasteiger partial charge in [0, 0.05) is 12.8 Å². The van der Waals surface area contributed by atoms with Crippen molar-refractivity contribution in [1.29, 1.82) is 0 Å². The van der Waals surface area contributed by atoms with E-state index in [1.165, 1.54) is 57.8 Å². The van der Waals surface area contributed by atoms with Crippen LogP contribution in [-0.4, -0.2) is 96.0 Å². The molecule has 13 heteroatoms. The van der Waals surface area contributed by atoms with Crippen LogP contribution in [0.25, 0.3) is 0 Å². The number of hydrogen-bond acceptors (Lipinski definition) is 11. The van der Waals surface area contributed by atoms with Crippen LogP contribution in [0.2, 0.25) is 0 Å². The van der Waals surface area contributed by atoms with Crippen LogP contribution in [0.5, 0.6) is 0 Å². The summed E-state index contributed by atoms with van der Waals surface area (Å²) in [5.41, 5.74) is 0. The van der Waals surface area contributed by atoms with E-state index in [9.17, 15) is 37.9 Å². The highest BCUT2D eigenvalue weighted by Crippen LogP contribution is 2.24. The molecule has 6 atom stereocenters. The van der Waals surface area contributed by atoms with Gasteiger partial charge in [-0.05, 0) is 51.4 Å². The lowest BCUT2D eigenvalue weighted by Crippen LogP contribution is -2.60. The van der Waals surface area contributed by atoms with E-state index in [4.69, 9.17) is 18.9 Å². The number of aliphatic hydroxyl groups is 3. The molecule has 0 aromatic carbocycles. The fourth-order valence-electron chi connectivity index (χ4n) is 6.25. The molecule has 2 unspecified atom stereocenters. The number of hydrogen-bond donors (Lipinski definition) is 4. The van der Waals surface area contributed by atoms with Gasteiger partial charge in [0.15, 0.2) is 12.4 Å². The Bertz CT molecular complexity index is 1250. The van der Waals surface area contributed by atoms with Crippen molar-refractivity contribution in [2.45, 2.75) is 198 Å². The molecule has 1 saturated heterocycles. The van der Waals surface area contributed by atoms with E-state index < -0.39 is 71.2 Å². The number of unbranched alkanes of at least 4 members (excludes halogenated alkanes) is 15. The van der Waals surface area contributed by atoms with E-state index >= 15 is 0 Å². The molecule has 0 aromatic heterocycles. The van der Waals surface area contributed by atoms with Crippen molar-refractivity contribution in [2.24, 2.45) is 0 Å². The second kappa shape index (κ2) is 34.5. The highest BCUT2D eigenvalue weighted by molar-refractivity contribution is 7.85. The van der Waals surface area contributed by atoms with Gasteiger partial charge in [-0.2, -0.15) is 8.42 Å². The molecule has 1 fully saturated rings. The van der Waals surface area contributed by atoms with Gasteiger partial charge in [-0.25, -0.2) is 0 Å². The van der Waals surface area contributed by atoms with Crippen molar-refractivity contribution in [3.05, 3.63) is 48.6 Å². The summed E-state index contributed by atoms with van der Waals surface area (Å²) in [7, 11) is -4.60. The zero-order valence-electron chi connectivity index (χ0n) is 34.9. The molecule has 0 aromatic rings. The fourth-order valence-corrected chi connectivity index (χ4v) is 6.95. The van der Waals surface area contributed by atoms with Crippen LogP contribution in [0.1, 0.15) is 162 Å². The molecule has 0 bridgehead atoms. The average Bonchev–Trinajstić information content (AvgIpc) is 3.17. The van der Waals surface area contributed by atoms with Gasteiger partial charge < -0.3 is 34.3 Å². The van der Waals surface area contributed by atoms with Gasteiger partial charge in [-0.1, -0.05) is 146 Å². The van der Waals surface area contributed by atoms with Crippen LogP contribution < -0.4 is 0 Å². The lowest BCUT2D eigenvalue weighted by molar-refractivity contribution is -0.297. The summed E-state index contributed by atoms with van der Waals surface area (Å²) in [6.45, 7) is 3.64. The fraction of sp³-hybridized carbons (Fsp3) is 0.773. The molecule has 1 rings (SSSR count). The van der Waals surface area contributed by atoms with Crippen molar-refractivity contribution < 1.29 is 56.8 Å². The molecule has 1 aliphatic rings. The topological polar surface area (TPSA) is 186 Å². The molecule has 4 N–H and O–H groups in total. The third-order valence-electron chi connectivity index (χ3n) is 9.64. The van der Waals surface area contributed by atoms with Crippen molar-refractivity contribution in [1.82, 2.24) is 0 Å². The van der Waals surface area contributed by atoms with E-state index in [1.807, 2.05) is 0 Å². The minimum atomic E-state index is -4.60. The summed E-state index contributed by atoms with van der Waals surface area (Å²) in [6, 6.07) is 0. The molecular weight excluding hydrogens is 753 g/mol. The van der Waals surface area contributed by atoms with Crippen LogP contribution >= 0.6 is 0 Å². The zero-order valence-corrected chi connectivity index (χ0v) is 35.7. The Morgan fingerprint density at radius 2 is 1.09 bits per heavy atom. The Morgan fingerprint density at radius 1 is 0.596 bits per heavy atom. The molecule has 57 heavy (non-hydrogen) atoms. The zero-order chi connectivity index (χ0) is 42.0. The third kappa shape index (κ3) is 29.5. The summed E-state index contributed by atoms with van der Waals surface area (Å²) in [5.74, 6) is -2.02. The van der Waals surface area contributed by atoms with Gasteiger partial charge in [0.25, 0.3) is 10.1 Å². The molecule has 0 amide bonds. The Balaban J connectivity index is 2.49. The Hall–Kier alpha value is -2.39. The van der Waals surface area contributed by atoms with Crippen LogP contribution in [0.3, 0.4) is 0 Å². The van der Waals surface area contributed by atoms with Gasteiger partial charge >= 0.3 is 11.9 Å². The van der Waals surface area contributed by atoms with Crippen molar-refractivity contribution in [3.8, 4) is 0 Å². The van der Waals surface area contributed by atoms with Crippen molar-refractivity contribution in [2.75, 3.05) is 19.0 Å². The lowest BCUT2D eigenvalue weighted by atomic mass is 10.00. The third-order valence-corrected chi connectivity index (χ3v) is 10.4. The molecule has 0 radical (unpaired) electrons. The van der Waals surface area contributed by atoms with Crippen LogP contribution in [0.4, 0.5) is 0 Å². The predicted molar refractivity (Wildman–Crippen MR) is 224 cm³/mol. The number of allylic oxidation sites excluding steroid dienone is 8. The molecule has 0 saturated carbocycles. The molecule has 330 valence electrons. The number of carbonyl (C=O) groups is 2. The van der Waals surface area contributed by atoms with Crippen LogP contribution in [-0.2, 0) is 38.7 Å². The lowest BCUT2D eigenvalue weighted by Gasteiger charge is -2.40. The smallest absolute Gasteiger partial charge is 0.306 e. The first-order chi connectivity index (χ1) is 27.5. The summed E-state index contributed by atoms with van der Waals surface area (Å²) in [5, 5.41) is 30.8. The van der Waals surface area contributed by atoms with Gasteiger partial charge in [0.05, 0.1) is 6.61 Å². The Labute approximate surface area is 343 Å². The second-order valence-electron chi connectivity index (χ2n) is 15.0. The van der Waals surface area contributed by atoms with Gasteiger partial charge in [-0.3, -0.25) is 14.1 Å². The van der Waals surface area contributed by atoms with Gasteiger partial charge in [0.1, 0.15) is 36.8 Å². The van der Waals surface area contributed by atoms with Crippen molar-refractivity contribution >= 4 is 22.1 Å². The molecule has 1 heterocycles. The maximum Gasteiger partial charge on any atom is 0.306 e. The highest BCUT2D eigenvalue weighted by atomic mass is 32.2. The Morgan fingerprint density at radius 3 is 1.63 bits per heavy atom. The van der Waals surface area contributed by atoms with Crippen LogP contribution in [0.15, 0.2) is 48.6 Å². The quantitative estimate of drug-likeness (QED) is 0.0207. The molecule has 12 nitrogen and oxygen atoms in total. The molecule has 0 spiro atoms. The normalized spacial score (nSPS) is 21.0. The molecule has 0 aliphatic carbocycles. The summed E-state index contributed by atoms with van der Waals surface area (Å²) in [6.07, 6.45) is 30.1. The van der Waals surface area contributed by atoms with Crippen LogP contribution in [0, 0.1) is 0 Å². The first-order valence-electron chi connectivity index (χ1n) is 21.7. The Kier molecular flexibility index (Phi) is 31.8. The summed E-state index contributed by atoms with van der Waals surface area (Å²) < 4.78 is 53.9. The second-order valence-corrected chi connectivity index (χ2v) is 16.5. The monoisotopic (exact) mass is 829 g/mol. The largest absolute Gasteiger partial charge is 0.462 e. The molecular formula is C44H76O12S. The number of rotatable bonds is 35. The first kappa shape index (κ1) is 52.6.